The number of hydrogen-bond acceptors (Lipinski definition) is 4. The Kier molecular flexibility index (Phi) is 3.72. The molecule has 4 heteroatoms. The molecule has 0 aromatic heterocycles. The molecule has 0 fully saturated rings. The van der Waals surface area contributed by atoms with Crippen molar-refractivity contribution in [2.45, 2.75) is 17.7 Å². The zero-order valence-electron chi connectivity index (χ0n) is 9.29. The number of methoxy groups -OCH3 is 1. The normalized spacial score (nSPS) is 14.1. The summed E-state index contributed by atoms with van der Waals surface area (Å²) in [6.45, 7) is 0.225. The van der Waals surface area contributed by atoms with Gasteiger partial charge in [-0.05, 0) is 42.4 Å². The second-order valence-electron chi connectivity index (χ2n) is 3.70. The van der Waals surface area contributed by atoms with Crippen molar-refractivity contribution in [3.8, 4) is 0 Å². The highest BCUT2D eigenvalue weighted by molar-refractivity contribution is 7.99. The molecule has 1 aromatic rings. The Morgan fingerprint density at radius 2 is 2.44 bits per heavy atom. The van der Waals surface area contributed by atoms with Crippen LogP contribution in [0.1, 0.15) is 12.0 Å². The summed E-state index contributed by atoms with van der Waals surface area (Å²) in [5.74, 6) is 0.967. The van der Waals surface area contributed by atoms with E-state index in [9.17, 15) is 4.79 Å². The van der Waals surface area contributed by atoms with E-state index in [1.165, 1.54) is 29.7 Å². The molecular formula is C12H15NO2S. The zero-order chi connectivity index (χ0) is 11.4. The Balaban J connectivity index is 2.03. The van der Waals surface area contributed by atoms with Gasteiger partial charge < -0.3 is 10.1 Å². The van der Waals surface area contributed by atoms with E-state index in [4.69, 9.17) is 0 Å². The number of thioether (sulfide) groups is 1. The van der Waals surface area contributed by atoms with Gasteiger partial charge in [-0.1, -0.05) is 0 Å². The van der Waals surface area contributed by atoms with Crippen molar-refractivity contribution < 1.29 is 9.53 Å². The Morgan fingerprint density at radius 3 is 3.25 bits per heavy atom. The van der Waals surface area contributed by atoms with Crippen LogP contribution < -0.4 is 5.32 Å². The predicted octanol–water partition coefficient (Wildman–Crippen LogP) is 2.31. The molecule has 0 radical (unpaired) electrons. The number of hydrogen-bond donors (Lipinski definition) is 1. The topological polar surface area (TPSA) is 38.3 Å². The summed E-state index contributed by atoms with van der Waals surface area (Å²) in [6.07, 6.45) is 2.37. The summed E-state index contributed by atoms with van der Waals surface area (Å²) in [7, 11) is 1.40. The number of rotatable bonds is 3. The molecule has 0 atom stereocenters. The van der Waals surface area contributed by atoms with E-state index < -0.39 is 0 Å². The monoisotopic (exact) mass is 237 g/mol. The maximum atomic E-state index is 11.0. The number of fused-ring (bicyclic) bond motifs is 1. The van der Waals surface area contributed by atoms with Crippen molar-refractivity contribution in [1.82, 2.24) is 0 Å². The molecule has 3 nitrogen and oxygen atoms in total. The van der Waals surface area contributed by atoms with Crippen molar-refractivity contribution in [3.05, 3.63) is 23.8 Å². The minimum absolute atomic E-state index is 0.225. The van der Waals surface area contributed by atoms with Crippen molar-refractivity contribution >= 4 is 23.4 Å². The molecule has 1 aliphatic rings. The average Bonchev–Trinajstić information content (AvgIpc) is 2.35. The van der Waals surface area contributed by atoms with Crippen molar-refractivity contribution in [2.24, 2.45) is 0 Å². The quantitative estimate of drug-likeness (QED) is 0.819. The second-order valence-corrected chi connectivity index (χ2v) is 4.84. The second kappa shape index (κ2) is 5.25. The molecule has 0 aliphatic carbocycles. The predicted molar refractivity (Wildman–Crippen MR) is 66.0 cm³/mol. The summed E-state index contributed by atoms with van der Waals surface area (Å²) in [5.41, 5.74) is 2.37. The molecular weight excluding hydrogens is 222 g/mol. The molecule has 0 saturated carbocycles. The smallest absolute Gasteiger partial charge is 0.325 e. The van der Waals surface area contributed by atoms with E-state index in [-0.39, 0.29) is 12.5 Å². The summed E-state index contributed by atoms with van der Waals surface area (Å²) >= 11 is 1.91. The molecule has 86 valence electrons. The van der Waals surface area contributed by atoms with Gasteiger partial charge in [-0.3, -0.25) is 4.79 Å². The lowest BCUT2D eigenvalue weighted by atomic mass is 10.1. The van der Waals surface area contributed by atoms with Crippen LogP contribution in [0.4, 0.5) is 5.69 Å². The van der Waals surface area contributed by atoms with Crippen molar-refractivity contribution in [3.63, 3.8) is 0 Å². The maximum Gasteiger partial charge on any atom is 0.325 e. The third-order valence-corrected chi connectivity index (χ3v) is 3.78. The van der Waals surface area contributed by atoms with Gasteiger partial charge in [0.1, 0.15) is 6.54 Å². The van der Waals surface area contributed by atoms with Crippen molar-refractivity contribution in [1.29, 1.82) is 0 Å². The Morgan fingerprint density at radius 1 is 1.56 bits per heavy atom. The summed E-state index contributed by atoms with van der Waals surface area (Å²) in [6, 6.07) is 6.27. The zero-order valence-corrected chi connectivity index (χ0v) is 10.1. The number of esters is 1. The highest BCUT2D eigenvalue weighted by Crippen LogP contribution is 2.31. The fourth-order valence-electron chi connectivity index (χ4n) is 1.72. The fraction of sp³-hybridized carbons (Fsp3) is 0.417. The Labute approximate surface area is 99.6 Å². The van der Waals surface area contributed by atoms with Crippen LogP contribution in [0.2, 0.25) is 0 Å². The molecule has 1 aromatic carbocycles. The molecule has 0 saturated heterocycles. The molecule has 16 heavy (non-hydrogen) atoms. The van der Waals surface area contributed by atoms with Gasteiger partial charge in [-0.2, -0.15) is 0 Å². The largest absolute Gasteiger partial charge is 0.468 e. The molecule has 2 rings (SSSR count). The van der Waals surface area contributed by atoms with Crippen LogP contribution in [0.3, 0.4) is 0 Å². The van der Waals surface area contributed by atoms with E-state index >= 15 is 0 Å². The number of carbonyl (C=O) groups excluding carboxylic acids is 1. The lowest BCUT2D eigenvalue weighted by Gasteiger charge is -2.16. The molecule has 1 aliphatic heterocycles. The van der Waals surface area contributed by atoms with Crippen LogP contribution in [0, 0.1) is 0 Å². The first-order chi connectivity index (χ1) is 7.79. The number of nitrogens with one attached hydrogen (secondary N) is 1. The van der Waals surface area contributed by atoms with E-state index in [0.29, 0.717) is 0 Å². The molecule has 0 bridgehead atoms. The third kappa shape index (κ3) is 2.70. The first kappa shape index (κ1) is 11.3. The molecule has 0 amide bonds. The van der Waals surface area contributed by atoms with Gasteiger partial charge in [-0.15, -0.1) is 11.8 Å². The van der Waals surface area contributed by atoms with Gasteiger partial charge in [0.25, 0.3) is 0 Å². The summed E-state index contributed by atoms with van der Waals surface area (Å²) in [4.78, 5) is 12.4. The highest BCUT2D eigenvalue weighted by atomic mass is 32.2. The average molecular weight is 237 g/mol. The number of aryl methyl sites for hydroxylation is 1. The van der Waals surface area contributed by atoms with E-state index in [2.05, 4.69) is 22.2 Å². The number of ether oxygens (including phenoxy) is 1. The minimum atomic E-state index is -0.243. The van der Waals surface area contributed by atoms with Crippen LogP contribution in [0.25, 0.3) is 0 Å². The van der Waals surface area contributed by atoms with Crippen LogP contribution in [0.15, 0.2) is 23.1 Å². The standard InChI is InChI=1S/C12H15NO2S/c1-15-12(14)8-13-10-4-5-11-9(7-10)3-2-6-16-11/h4-5,7,13H,2-3,6,8H2,1H3. The molecule has 1 N–H and O–H groups in total. The summed E-state index contributed by atoms with van der Waals surface area (Å²) < 4.78 is 4.58. The number of anilines is 1. The first-order valence-corrected chi connectivity index (χ1v) is 6.34. The minimum Gasteiger partial charge on any atom is -0.468 e. The van der Waals surface area contributed by atoms with Gasteiger partial charge in [0, 0.05) is 10.6 Å². The Bertz CT molecular complexity index is 393. The van der Waals surface area contributed by atoms with Crippen LogP contribution >= 0.6 is 11.8 Å². The van der Waals surface area contributed by atoms with E-state index in [0.717, 1.165) is 12.1 Å². The molecule has 1 heterocycles. The Hall–Kier alpha value is -1.16. The fourth-order valence-corrected chi connectivity index (χ4v) is 2.74. The van der Waals surface area contributed by atoms with Gasteiger partial charge >= 0.3 is 5.97 Å². The van der Waals surface area contributed by atoms with Gasteiger partial charge in [-0.25, -0.2) is 0 Å². The van der Waals surface area contributed by atoms with Crippen LogP contribution in [-0.4, -0.2) is 25.4 Å². The van der Waals surface area contributed by atoms with E-state index in [1.807, 2.05) is 17.8 Å². The van der Waals surface area contributed by atoms with Gasteiger partial charge in [0.15, 0.2) is 0 Å². The number of carbonyl (C=O) groups is 1. The van der Waals surface area contributed by atoms with Gasteiger partial charge in [0.05, 0.1) is 7.11 Å². The first-order valence-electron chi connectivity index (χ1n) is 5.36. The maximum absolute atomic E-state index is 11.0. The SMILES string of the molecule is COC(=O)CNc1ccc2c(c1)CCCS2. The highest BCUT2D eigenvalue weighted by Gasteiger charge is 2.10. The number of benzene rings is 1. The van der Waals surface area contributed by atoms with Crippen LogP contribution in [0.5, 0.6) is 0 Å². The van der Waals surface area contributed by atoms with Crippen molar-refractivity contribution in [2.75, 3.05) is 24.7 Å². The lowest BCUT2D eigenvalue weighted by molar-refractivity contribution is -0.138. The van der Waals surface area contributed by atoms with Gasteiger partial charge in [0.2, 0.25) is 0 Å². The molecule has 0 unspecified atom stereocenters. The summed E-state index contributed by atoms with van der Waals surface area (Å²) in [5, 5.41) is 3.06. The third-order valence-electron chi connectivity index (χ3n) is 2.57. The van der Waals surface area contributed by atoms with E-state index in [1.54, 1.807) is 0 Å². The van der Waals surface area contributed by atoms with Crippen LogP contribution in [-0.2, 0) is 16.0 Å². The lowest BCUT2D eigenvalue weighted by Crippen LogP contribution is -2.15. The molecule has 0 spiro atoms.